The molecule has 5 heteroatoms. The van der Waals surface area contributed by atoms with Crippen LogP contribution in [0.5, 0.6) is 5.75 Å². The molecule has 5 nitrogen and oxygen atoms in total. The predicted molar refractivity (Wildman–Crippen MR) is 116 cm³/mol. The molecule has 0 amide bonds. The van der Waals surface area contributed by atoms with Gasteiger partial charge in [0.25, 0.3) is 0 Å². The zero-order valence-electron chi connectivity index (χ0n) is 18.2. The topological polar surface area (TPSA) is 48.8 Å². The molecular formula is C24H33N3O2. The molecule has 156 valence electrons. The van der Waals surface area contributed by atoms with Crippen LogP contribution in [0.3, 0.4) is 0 Å². The Morgan fingerprint density at radius 2 is 1.55 bits per heavy atom. The number of ether oxygens (including phenoxy) is 1. The van der Waals surface area contributed by atoms with Gasteiger partial charge in [0, 0.05) is 49.2 Å². The Morgan fingerprint density at radius 3 is 2.07 bits per heavy atom. The van der Waals surface area contributed by atoms with Gasteiger partial charge in [0.15, 0.2) is 0 Å². The van der Waals surface area contributed by atoms with Crippen molar-refractivity contribution in [2.75, 3.05) is 38.2 Å². The van der Waals surface area contributed by atoms with Crippen LogP contribution >= 0.6 is 0 Å². The predicted octanol–water partition coefficient (Wildman–Crippen LogP) is 3.53. The van der Waals surface area contributed by atoms with Crippen LogP contribution in [0.15, 0.2) is 48.7 Å². The van der Waals surface area contributed by atoms with Crippen molar-refractivity contribution in [3.05, 3.63) is 54.2 Å². The van der Waals surface area contributed by atoms with Crippen LogP contribution in [0.4, 0.5) is 5.82 Å². The van der Waals surface area contributed by atoms with Crippen LogP contribution in [0, 0.1) is 10.8 Å². The number of aromatic nitrogens is 1. The molecule has 1 aliphatic carbocycles. The summed E-state index contributed by atoms with van der Waals surface area (Å²) in [6.07, 6.45) is 1.86. The van der Waals surface area contributed by atoms with E-state index >= 15 is 0 Å². The maximum absolute atomic E-state index is 11.9. The van der Waals surface area contributed by atoms with Crippen molar-refractivity contribution >= 4 is 5.82 Å². The Balaban J connectivity index is 1.54. The lowest BCUT2D eigenvalue weighted by atomic mass is 9.39. The van der Waals surface area contributed by atoms with Crippen LogP contribution in [0.25, 0.3) is 0 Å². The van der Waals surface area contributed by atoms with E-state index in [0.717, 1.165) is 43.3 Å². The Labute approximate surface area is 174 Å². The van der Waals surface area contributed by atoms with E-state index in [1.807, 2.05) is 42.6 Å². The number of aliphatic hydroxyl groups is 1. The third-order valence-corrected chi connectivity index (χ3v) is 7.39. The first-order chi connectivity index (χ1) is 13.7. The fourth-order valence-corrected chi connectivity index (χ4v) is 6.29. The second-order valence-corrected chi connectivity index (χ2v) is 9.50. The molecule has 2 aromatic rings. The van der Waals surface area contributed by atoms with Crippen molar-refractivity contribution in [3.63, 3.8) is 0 Å². The summed E-state index contributed by atoms with van der Waals surface area (Å²) in [5.74, 6) is 1.86. The molecule has 1 saturated heterocycles. The van der Waals surface area contributed by atoms with E-state index < -0.39 is 5.60 Å². The number of methoxy groups -OCH3 is 1. The van der Waals surface area contributed by atoms with E-state index in [1.165, 1.54) is 0 Å². The SMILES string of the molecule is COc1ccc(C2(O)C(C)(C)C(N3CCN(c4ccccn4)CC3)C2(C)C)cc1. The number of nitrogens with zero attached hydrogens (tertiary/aromatic N) is 3. The van der Waals surface area contributed by atoms with Gasteiger partial charge in [-0.05, 0) is 29.8 Å². The molecule has 2 fully saturated rings. The Kier molecular flexibility index (Phi) is 4.87. The minimum absolute atomic E-state index is 0.266. The van der Waals surface area contributed by atoms with Crippen LogP contribution in [-0.4, -0.2) is 54.3 Å². The zero-order valence-corrected chi connectivity index (χ0v) is 18.2. The summed E-state index contributed by atoms with van der Waals surface area (Å²) in [5.41, 5.74) is -0.456. The maximum Gasteiger partial charge on any atom is 0.128 e. The van der Waals surface area contributed by atoms with Gasteiger partial charge >= 0.3 is 0 Å². The minimum Gasteiger partial charge on any atom is -0.497 e. The molecule has 4 rings (SSSR count). The molecule has 1 saturated carbocycles. The van der Waals surface area contributed by atoms with Crippen molar-refractivity contribution in [1.29, 1.82) is 0 Å². The van der Waals surface area contributed by atoms with Crippen molar-refractivity contribution in [2.45, 2.75) is 39.3 Å². The average molecular weight is 396 g/mol. The van der Waals surface area contributed by atoms with E-state index in [9.17, 15) is 5.11 Å². The van der Waals surface area contributed by atoms with Crippen LogP contribution in [0.2, 0.25) is 0 Å². The number of benzene rings is 1. The zero-order chi connectivity index (χ0) is 20.9. The number of hydrogen-bond acceptors (Lipinski definition) is 5. The van der Waals surface area contributed by atoms with Gasteiger partial charge in [0.05, 0.1) is 7.11 Å². The molecule has 2 heterocycles. The van der Waals surface area contributed by atoms with Gasteiger partial charge in [0.2, 0.25) is 0 Å². The monoisotopic (exact) mass is 395 g/mol. The highest BCUT2D eigenvalue weighted by Gasteiger charge is 2.73. The summed E-state index contributed by atoms with van der Waals surface area (Å²) in [7, 11) is 1.67. The van der Waals surface area contributed by atoms with Gasteiger partial charge in [0.1, 0.15) is 17.2 Å². The van der Waals surface area contributed by atoms with E-state index in [0.29, 0.717) is 6.04 Å². The molecule has 1 aromatic carbocycles. The van der Waals surface area contributed by atoms with Gasteiger partial charge in [-0.1, -0.05) is 45.9 Å². The molecule has 0 radical (unpaired) electrons. The van der Waals surface area contributed by atoms with E-state index in [1.54, 1.807) is 7.11 Å². The number of rotatable bonds is 4. The molecule has 0 bridgehead atoms. The van der Waals surface area contributed by atoms with Crippen LogP contribution in [0.1, 0.15) is 33.3 Å². The minimum atomic E-state index is -0.894. The quantitative estimate of drug-likeness (QED) is 0.858. The fourth-order valence-electron chi connectivity index (χ4n) is 6.29. The summed E-state index contributed by atoms with van der Waals surface area (Å²) < 4.78 is 5.30. The maximum atomic E-state index is 11.9. The van der Waals surface area contributed by atoms with Crippen molar-refractivity contribution in [1.82, 2.24) is 9.88 Å². The normalized spacial score (nSPS) is 28.6. The molecule has 2 aliphatic rings. The second kappa shape index (κ2) is 6.99. The van der Waals surface area contributed by atoms with E-state index in [4.69, 9.17) is 4.74 Å². The summed E-state index contributed by atoms with van der Waals surface area (Å²) >= 11 is 0. The highest BCUT2D eigenvalue weighted by Crippen LogP contribution is 2.68. The summed E-state index contributed by atoms with van der Waals surface area (Å²) in [5, 5.41) is 11.9. The number of piperazine rings is 1. The highest BCUT2D eigenvalue weighted by molar-refractivity contribution is 5.41. The average Bonchev–Trinajstić information content (AvgIpc) is 2.74. The summed E-state index contributed by atoms with van der Waals surface area (Å²) in [6, 6.07) is 14.3. The largest absolute Gasteiger partial charge is 0.497 e. The molecule has 29 heavy (non-hydrogen) atoms. The third-order valence-electron chi connectivity index (χ3n) is 7.39. The first-order valence-electron chi connectivity index (χ1n) is 10.5. The first-order valence-corrected chi connectivity index (χ1v) is 10.5. The second-order valence-electron chi connectivity index (χ2n) is 9.50. The van der Waals surface area contributed by atoms with E-state index in [2.05, 4.69) is 48.5 Å². The summed E-state index contributed by atoms with van der Waals surface area (Å²) in [6.45, 7) is 12.7. The number of anilines is 1. The Hall–Kier alpha value is -2.11. The van der Waals surface area contributed by atoms with Gasteiger partial charge in [-0.15, -0.1) is 0 Å². The van der Waals surface area contributed by atoms with Gasteiger partial charge in [-0.2, -0.15) is 0 Å². The Morgan fingerprint density at radius 1 is 0.931 bits per heavy atom. The molecule has 0 atom stereocenters. The van der Waals surface area contributed by atoms with Gasteiger partial charge in [-0.25, -0.2) is 4.98 Å². The molecule has 0 spiro atoms. The lowest BCUT2D eigenvalue weighted by Crippen LogP contribution is -2.79. The molecular weight excluding hydrogens is 362 g/mol. The van der Waals surface area contributed by atoms with Gasteiger partial charge in [-0.3, -0.25) is 4.90 Å². The highest BCUT2D eigenvalue weighted by atomic mass is 16.5. The molecule has 1 aliphatic heterocycles. The Bertz CT molecular complexity index is 824. The standard InChI is InChI=1S/C24H33N3O2/c1-22(2)21(27-16-14-26(15-17-27)20-8-6-7-13-25-20)23(3,4)24(22,28)18-9-11-19(29-5)12-10-18/h6-13,21,28H,14-17H2,1-5H3. The van der Waals surface area contributed by atoms with Crippen LogP contribution < -0.4 is 9.64 Å². The molecule has 0 unspecified atom stereocenters. The lowest BCUT2D eigenvalue weighted by Gasteiger charge is -2.72. The van der Waals surface area contributed by atoms with E-state index in [-0.39, 0.29) is 10.8 Å². The lowest BCUT2D eigenvalue weighted by molar-refractivity contribution is -0.307. The van der Waals surface area contributed by atoms with Crippen molar-refractivity contribution < 1.29 is 9.84 Å². The summed E-state index contributed by atoms with van der Waals surface area (Å²) in [4.78, 5) is 9.42. The van der Waals surface area contributed by atoms with Gasteiger partial charge < -0.3 is 14.7 Å². The first kappa shape index (κ1) is 20.2. The van der Waals surface area contributed by atoms with Crippen molar-refractivity contribution in [3.8, 4) is 5.75 Å². The molecule has 1 N–H and O–H groups in total. The fraction of sp³-hybridized carbons (Fsp3) is 0.542. The number of hydrogen-bond donors (Lipinski definition) is 1. The number of pyridine rings is 1. The molecule has 1 aromatic heterocycles. The van der Waals surface area contributed by atoms with Crippen LogP contribution in [-0.2, 0) is 5.60 Å². The third kappa shape index (κ3) is 2.86. The van der Waals surface area contributed by atoms with Crippen molar-refractivity contribution in [2.24, 2.45) is 10.8 Å². The smallest absolute Gasteiger partial charge is 0.128 e.